The van der Waals surface area contributed by atoms with Crippen molar-refractivity contribution in [3.63, 3.8) is 0 Å². The maximum absolute atomic E-state index is 5.17. The third kappa shape index (κ3) is 3.64. The van der Waals surface area contributed by atoms with Gasteiger partial charge in [0.05, 0.1) is 12.1 Å². The van der Waals surface area contributed by atoms with E-state index in [4.69, 9.17) is 12.8 Å². The van der Waals surface area contributed by atoms with Gasteiger partial charge in [-0.1, -0.05) is 11.8 Å². The van der Waals surface area contributed by atoms with Gasteiger partial charge in [0, 0.05) is 0 Å². The van der Waals surface area contributed by atoms with Crippen molar-refractivity contribution in [2.24, 2.45) is 0 Å². The highest BCUT2D eigenvalue weighted by Gasteiger charge is 2.09. The molecule has 1 heteroatoms. The Kier molecular flexibility index (Phi) is 2.85. The van der Waals surface area contributed by atoms with Crippen molar-refractivity contribution in [1.29, 1.82) is 0 Å². The van der Waals surface area contributed by atoms with Gasteiger partial charge in [-0.15, -0.1) is 12.8 Å². The van der Waals surface area contributed by atoms with E-state index >= 15 is 0 Å². The molecule has 0 aliphatic heterocycles. The molecule has 9 heavy (non-hydrogen) atoms. The van der Waals surface area contributed by atoms with Crippen molar-refractivity contribution in [2.45, 2.75) is 19.4 Å². The Labute approximate surface area is 56.8 Å². The van der Waals surface area contributed by atoms with E-state index in [-0.39, 0.29) is 5.54 Å². The summed E-state index contributed by atoms with van der Waals surface area (Å²) in [6.07, 6.45) is 10.2. The van der Waals surface area contributed by atoms with Gasteiger partial charge in [0.2, 0.25) is 0 Å². The van der Waals surface area contributed by atoms with E-state index in [1.54, 1.807) is 0 Å². The van der Waals surface area contributed by atoms with E-state index in [2.05, 4.69) is 17.2 Å². The van der Waals surface area contributed by atoms with Crippen LogP contribution < -0.4 is 5.32 Å². The molecule has 0 atom stereocenters. The zero-order chi connectivity index (χ0) is 7.33. The normalized spacial score (nSPS) is 9.78. The van der Waals surface area contributed by atoms with Crippen molar-refractivity contribution < 1.29 is 0 Å². The molecule has 0 unspecified atom stereocenters. The second kappa shape index (κ2) is 3.17. The fourth-order valence-corrected chi connectivity index (χ4v) is 0.323. The van der Waals surface area contributed by atoms with Crippen molar-refractivity contribution >= 4 is 0 Å². The molecule has 0 bridgehead atoms. The van der Waals surface area contributed by atoms with Gasteiger partial charge in [-0.2, -0.15) is 0 Å². The molecule has 0 aromatic carbocycles. The van der Waals surface area contributed by atoms with E-state index in [0.717, 1.165) is 0 Å². The number of terminal acetylenes is 2. The van der Waals surface area contributed by atoms with Crippen LogP contribution >= 0.6 is 0 Å². The number of hydrogen-bond acceptors (Lipinski definition) is 1. The van der Waals surface area contributed by atoms with Crippen molar-refractivity contribution in [3.8, 4) is 24.7 Å². The van der Waals surface area contributed by atoms with Crippen molar-refractivity contribution in [2.75, 3.05) is 6.54 Å². The average molecular weight is 121 g/mol. The first kappa shape index (κ1) is 8.08. The van der Waals surface area contributed by atoms with Gasteiger partial charge in [0.15, 0.2) is 0 Å². The number of nitrogens with one attached hydrogen (secondary N) is 1. The summed E-state index contributed by atoms with van der Waals surface area (Å²) in [4.78, 5) is 0. The van der Waals surface area contributed by atoms with Crippen LogP contribution in [0.4, 0.5) is 0 Å². The zero-order valence-corrected chi connectivity index (χ0v) is 5.86. The fourth-order valence-electron chi connectivity index (χ4n) is 0.323. The summed E-state index contributed by atoms with van der Waals surface area (Å²) in [6, 6.07) is 0. The molecule has 0 aromatic heterocycles. The fraction of sp³-hybridized carbons (Fsp3) is 0.500. The molecular formula is C8H11N. The molecule has 1 N–H and O–H groups in total. The van der Waals surface area contributed by atoms with Crippen molar-refractivity contribution in [3.05, 3.63) is 0 Å². The van der Waals surface area contributed by atoms with Crippen LogP contribution in [-0.2, 0) is 0 Å². The largest absolute Gasteiger partial charge is 0.291 e. The Balaban J connectivity index is 3.65. The molecule has 1 nitrogen and oxygen atoms in total. The lowest BCUT2D eigenvalue weighted by Crippen LogP contribution is -2.37. The van der Waals surface area contributed by atoms with Crippen LogP contribution in [0.25, 0.3) is 0 Å². The Morgan fingerprint density at radius 2 is 2.00 bits per heavy atom. The average Bonchev–Trinajstić information content (AvgIpc) is 1.84. The summed E-state index contributed by atoms with van der Waals surface area (Å²) in [6.45, 7) is 4.34. The van der Waals surface area contributed by atoms with Crippen LogP contribution in [0.1, 0.15) is 13.8 Å². The van der Waals surface area contributed by atoms with Crippen molar-refractivity contribution in [1.82, 2.24) is 5.32 Å². The molecule has 0 aromatic rings. The summed E-state index contributed by atoms with van der Waals surface area (Å²) < 4.78 is 0. The van der Waals surface area contributed by atoms with Gasteiger partial charge in [-0.05, 0) is 13.8 Å². The second-order valence-corrected chi connectivity index (χ2v) is 2.33. The predicted molar refractivity (Wildman–Crippen MR) is 39.7 cm³/mol. The monoisotopic (exact) mass is 121 g/mol. The SMILES string of the molecule is C#CCNC(C)(C)C#C. The molecule has 0 aliphatic rings. The first-order chi connectivity index (χ1) is 4.12. The summed E-state index contributed by atoms with van der Waals surface area (Å²) >= 11 is 0. The lowest BCUT2D eigenvalue weighted by Gasteiger charge is -2.16. The van der Waals surface area contributed by atoms with Crippen LogP contribution in [0.3, 0.4) is 0 Å². The maximum Gasteiger partial charge on any atom is 0.0748 e. The highest BCUT2D eigenvalue weighted by molar-refractivity contribution is 5.08. The molecule has 0 spiro atoms. The molecule has 0 saturated heterocycles. The smallest absolute Gasteiger partial charge is 0.0748 e. The standard InChI is InChI=1S/C8H11N/c1-5-7-9-8(3,4)6-2/h1-2,9H,7H2,3-4H3. The van der Waals surface area contributed by atoms with Crippen LogP contribution in [0.5, 0.6) is 0 Å². The predicted octanol–water partition coefficient (Wildman–Crippen LogP) is 0.621. The summed E-state index contributed by atoms with van der Waals surface area (Å²) in [7, 11) is 0. The summed E-state index contributed by atoms with van der Waals surface area (Å²) in [5, 5.41) is 2.99. The zero-order valence-electron chi connectivity index (χ0n) is 5.86. The van der Waals surface area contributed by atoms with Gasteiger partial charge in [0.25, 0.3) is 0 Å². The molecule has 0 radical (unpaired) electrons. The van der Waals surface area contributed by atoms with E-state index in [1.165, 1.54) is 0 Å². The van der Waals surface area contributed by atoms with E-state index in [1.807, 2.05) is 13.8 Å². The van der Waals surface area contributed by atoms with E-state index < -0.39 is 0 Å². The topological polar surface area (TPSA) is 12.0 Å². The highest BCUT2D eigenvalue weighted by atomic mass is 14.9. The Hall–Kier alpha value is -0.920. The highest BCUT2D eigenvalue weighted by Crippen LogP contribution is 1.96. The summed E-state index contributed by atoms with van der Waals surface area (Å²) in [5.74, 6) is 5.02. The molecule has 0 fully saturated rings. The lowest BCUT2D eigenvalue weighted by molar-refractivity contribution is 0.527. The van der Waals surface area contributed by atoms with Gasteiger partial charge < -0.3 is 0 Å². The van der Waals surface area contributed by atoms with Gasteiger partial charge in [-0.3, -0.25) is 5.32 Å². The number of hydrogen-bond donors (Lipinski definition) is 1. The van der Waals surface area contributed by atoms with Crippen LogP contribution in [0.15, 0.2) is 0 Å². The molecular weight excluding hydrogens is 110 g/mol. The van der Waals surface area contributed by atoms with Crippen LogP contribution in [0, 0.1) is 24.7 Å². The minimum atomic E-state index is -0.271. The Morgan fingerprint density at radius 3 is 2.33 bits per heavy atom. The van der Waals surface area contributed by atoms with Gasteiger partial charge >= 0.3 is 0 Å². The van der Waals surface area contributed by atoms with Crippen LogP contribution in [-0.4, -0.2) is 12.1 Å². The van der Waals surface area contributed by atoms with E-state index in [9.17, 15) is 0 Å². The summed E-state index contributed by atoms with van der Waals surface area (Å²) in [5.41, 5.74) is -0.271. The molecule has 0 rings (SSSR count). The maximum atomic E-state index is 5.17. The third-order valence-corrected chi connectivity index (χ3v) is 0.993. The molecule has 48 valence electrons. The lowest BCUT2D eigenvalue weighted by atomic mass is 10.1. The van der Waals surface area contributed by atoms with E-state index in [0.29, 0.717) is 6.54 Å². The molecule has 0 amide bonds. The second-order valence-electron chi connectivity index (χ2n) is 2.33. The minimum absolute atomic E-state index is 0.271. The van der Waals surface area contributed by atoms with Gasteiger partial charge in [0.1, 0.15) is 0 Å². The van der Waals surface area contributed by atoms with Gasteiger partial charge in [-0.25, -0.2) is 0 Å². The minimum Gasteiger partial charge on any atom is -0.291 e. The Bertz CT molecular complexity index is 154. The number of rotatable bonds is 2. The van der Waals surface area contributed by atoms with Crippen LogP contribution in [0.2, 0.25) is 0 Å². The molecule has 0 aliphatic carbocycles. The molecule has 0 saturated carbocycles. The Morgan fingerprint density at radius 1 is 1.44 bits per heavy atom. The third-order valence-electron chi connectivity index (χ3n) is 0.993. The first-order valence-electron chi connectivity index (χ1n) is 2.78. The quantitative estimate of drug-likeness (QED) is 0.528. The first-order valence-corrected chi connectivity index (χ1v) is 2.78. The molecule has 0 heterocycles.